The maximum atomic E-state index is 13.9. The van der Waals surface area contributed by atoms with E-state index < -0.39 is 23.5 Å². The summed E-state index contributed by atoms with van der Waals surface area (Å²) in [5, 5.41) is 3.00. The maximum absolute atomic E-state index is 13.9. The van der Waals surface area contributed by atoms with E-state index in [1.54, 1.807) is 18.5 Å². The molecule has 1 aromatic carbocycles. The Bertz CT molecular complexity index is 591. The fourth-order valence-electron chi connectivity index (χ4n) is 2.16. The van der Waals surface area contributed by atoms with Crippen molar-refractivity contribution < 1.29 is 13.2 Å². The Hall–Kier alpha value is -1.88. The Morgan fingerprint density at radius 2 is 1.75 bits per heavy atom. The number of halogens is 3. The third-order valence-corrected chi connectivity index (χ3v) is 2.97. The van der Waals surface area contributed by atoms with E-state index in [2.05, 4.69) is 10.3 Å². The molecular weight excluding hydrogens is 265 g/mol. The zero-order valence-electron chi connectivity index (χ0n) is 11.3. The van der Waals surface area contributed by atoms with Crippen molar-refractivity contribution in [2.45, 2.75) is 19.9 Å². The van der Waals surface area contributed by atoms with E-state index in [9.17, 15) is 13.2 Å². The largest absolute Gasteiger partial charge is 0.306 e. The maximum Gasteiger partial charge on any atom is 0.134 e. The lowest BCUT2D eigenvalue weighted by molar-refractivity contribution is 0.491. The second-order valence-corrected chi connectivity index (χ2v) is 4.57. The fraction of sp³-hybridized carbons (Fsp3) is 0.267. The molecule has 0 bridgehead atoms. The summed E-state index contributed by atoms with van der Waals surface area (Å²) < 4.78 is 40.9. The zero-order chi connectivity index (χ0) is 14.7. The van der Waals surface area contributed by atoms with E-state index >= 15 is 0 Å². The number of rotatable bonds is 4. The molecule has 1 atom stereocenters. The summed E-state index contributed by atoms with van der Waals surface area (Å²) in [6.07, 6.45) is 3.20. The molecule has 0 radical (unpaired) electrons. The molecule has 1 aromatic heterocycles. The number of nitrogens with one attached hydrogen (secondary N) is 1. The number of aromatic nitrogens is 1. The van der Waals surface area contributed by atoms with E-state index in [0.717, 1.165) is 5.56 Å². The Balaban J connectivity index is 2.54. The molecule has 2 nitrogen and oxygen atoms in total. The Labute approximate surface area is 115 Å². The van der Waals surface area contributed by atoms with Crippen molar-refractivity contribution >= 4 is 0 Å². The highest BCUT2D eigenvalue weighted by atomic mass is 19.1. The lowest BCUT2D eigenvalue weighted by Crippen LogP contribution is -2.24. The van der Waals surface area contributed by atoms with Gasteiger partial charge in [0, 0.05) is 30.1 Å². The van der Waals surface area contributed by atoms with Crippen LogP contribution in [0.4, 0.5) is 13.2 Å². The van der Waals surface area contributed by atoms with E-state index in [1.807, 2.05) is 13.8 Å². The molecule has 2 rings (SSSR count). The molecule has 1 heterocycles. The van der Waals surface area contributed by atoms with Gasteiger partial charge in [-0.3, -0.25) is 4.98 Å². The van der Waals surface area contributed by atoms with Crippen LogP contribution >= 0.6 is 0 Å². The second-order valence-electron chi connectivity index (χ2n) is 4.57. The molecule has 0 aliphatic carbocycles. The normalized spacial score (nSPS) is 12.4. The Morgan fingerprint density at radius 1 is 1.10 bits per heavy atom. The summed E-state index contributed by atoms with van der Waals surface area (Å²) in [6, 6.07) is 2.47. The van der Waals surface area contributed by atoms with Gasteiger partial charge in [0.25, 0.3) is 0 Å². The minimum absolute atomic E-state index is 0.194. The third kappa shape index (κ3) is 2.99. The summed E-state index contributed by atoms with van der Waals surface area (Å²) in [7, 11) is 0. The van der Waals surface area contributed by atoms with E-state index in [0.29, 0.717) is 24.2 Å². The lowest BCUT2D eigenvalue weighted by Gasteiger charge is -2.20. The molecular formula is C15H15F3N2. The molecule has 0 aliphatic rings. The van der Waals surface area contributed by atoms with Gasteiger partial charge in [-0.15, -0.1) is 0 Å². The quantitative estimate of drug-likeness (QED) is 0.927. The number of benzene rings is 1. The number of nitrogens with zero attached hydrogens (tertiary/aromatic N) is 1. The minimum Gasteiger partial charge on any atom is -0.306 e. The number of hydrogen-bond donors (Lipinski definition) is 1. The predicted molar refractivity (Wildman–Crippen MR) is 70.8 cm³/mol. The first kappa shape index (κ1) is 14.5. The molecule has 0 aliphatic heterocycles. The van der Waals surface area contributed by atoms with Crippen LogP contribution in [0.2, 0.25) is 0 Å². The van der Waals surface area contributed by atoms with Gasteiger partial charge in [-0.05, 0) is 24.6 Å². The number of aryl methyl sites for hydroxylation is 1. The summed E-state index contributed by atoms with van der Waals surface area (Å²) in [4.78, 5) is 4.03. The topological polar surface area (TPSA) is 24.9 Å². The van der Waals surface area contributed by atoms with Crippen LogP contribution in [-0.4, -0.2) is 11.5 Å². The molecule has 2 aromatic rings. The van der Waals surface area contributed by atoms with Crippen LogP contribution in [0.15, 0.2) is 30.6 Å². The summed E-state index contributed by atoms with van der Waals surface area (Å²) >= 11 is 0. The van der Waals surface area contributed by atoms with Crippen LogP contribution in [0, 0.1) is 24.4 Å². The first-order valence-corrected chi connectivity index (χ1v) is 6.32. The van der Waals surface area contributed by atoms with Crippen molar-refractivity contribution in [3.8, 4) is 0 Å². The number of pyridine rings is 1. The molecule has 0 saturated heterocycles. The van der Waals surface area contributed by atoms with Crippen LogP contribution in [0.25, 0.3) is 0 Å². The highest BCUT2D eigenvalue weighted by Crippen LogP contribution is 2.27. The van der Waals surface area contributed by atoms with Gasteiger partial charge >= 0.3 is 0 Å². The van der Waals surface area contributed by atoms with Crippen LogP contribution in [0.5, 0.6) is 0 Å². The monoisotopic (exact) mass is 280 g/mol. The second kappa shape index (κ2) is 6.05. The predicted octanol–water partition coefficient (Wildman–Crippen LogP) is 3.51. The zero-order valence-corrected chi connectivity index (χ0v) is 11.3. The van der Waals surface area contributed by atoms with Crippen molar-refractivity contribution in [2.24, 2.45) is 0 Å². The van der Waals surface area contributed by atoms with Gasteiger partial charge in [0.15, 0.2) is 0 Å². The SMILES string of the molecule is CCNC(c1cncc(C)c1)c1c(F)cc(F)cc1F. The molecule has 0 fully saturated rings. The molecule has 0 saturated carbocycles. The summed E-state index contributed by atoms with van der Waals surface area (Å²) in [5.41, 5.74) is 1.32. The van der Waals surface area contributed by atoms with Crippen LogP contribution in [-0.2, 0) is 0 Å². The Kier molecular flexibility index (Phi) is 4.39. The highest BCUT2D eigenvalue weighted by molar-refractivity contribution is 5.34. The van der Waals surface area contributed by atoms with E-state index in [1.165, 1.54) is 0 Å². The average molecular weight is 280 g/mol. The summed E-state index contributed by atoms with van der Waals surface area (Å²) in [6.45, 7) is 4.18. The van der Waals surface area contributed by atoms with Crippen molar-refractivity contribution in [1.82, 2.24) is 10.3 Å². The van der Waals surface area contributed by atoms with Crippen molar-refractivity contribution in [1.29, 1.82) is 0 Å². The average Bonchev–Trinajstić information content (AvgIpc) is 2.36. The van der Waals surface area contributed by atoms with Crippen molar-refractivity contribution in [3.63, 3.8) is 0 Å². The van der Waals surface area contributed by atoms with Crippen LogP contribution in [0.3, 0.4) is 0 Å². The lowest BCUT2D eigenvalue weighted by atomic mass is 9.98. The van der Waals surface area contributed by atoms with Crippen LogP contribution < -0.4 is 5.32 Å². The molecule has 20 heavy (non-hydrogen) atoms. The molecule has 0 amide bonds. The van der Waals surface area contributed by atoms with Gasteiger partial charge in [-0.2, -0.15) is 0 Å². The van der Waals surface area contributed by atoms with Gasteiger partial charge < -0.3 is 5.32 Å². The molecule has 5 heteroatoms. The van der Waals surface area contributed by atoms with Gasteiger partial charge in [0.2, 0.25) is 0 Å². The first-order valence-electron chi connectivity index (χ1n) is 6.32. The van der Waals surface area contributed by atoms with Gasteiger partial charge in [-0.25, -0.2) is 13.2 Å². The third-order valence-electron chi connectivity index (χ3n) is 2.97. The van der Waals surface area contributed by atoms with Gasteiger partial charge in [-0.1, -0.05) is 13.0 Å². The molecule has 1 unspecified atom stereocenters. The molecule has 106 valence electrons. The standard InChI is InChI=1S/C15H15F3N2/c1-3-20-15(10-4-9(2)7-19-8-10)14-12(17)5-11(16)6-13(14)18/h4-8,15,20H,3H2,1-2H3. The smallest absolute Gasteiger partial charge is 0.134 e. The molecule has 0 spiro atoms. The molecule has 1 N–H and O–H groups in total. The summed E-state index contributed by atoms with van der Waals surface area (Å²) in [5.74, 6) is -2.74. The van der Waals surface area contributed by atoms with E-state index in [4.69, 9.17) is 0 Å². The van der Waals surface area contributed by atoms with Gasteiger partial charge in [0.05, 0.1) is 6.04 Å². The number of hydrogen-bond acceptors (Lipinski definition) is 2. The Morgan fingerprint density at radius 3 is 2.30 bits per heavy atom. The first-order chi connectivity index (χ1) is 9.52. The van der Waals surface area contributed by atoms with Crippen molar-refractivity contribution in [2.75, 3.05) is 6.54 Å². The fourth-order valence-corrected chi connectivity index (χ4v) is 2.16. The van der Waals surface area contributed by atoms with E-state index in [-0.39, 0.29) is 5.56 Å². The van der Waals surface area contributed by atoms with Crippen LogP contribution in [0.1, 0.15) is 29.7 Å². The minimum atomic E-state index is -0.929. The van der Waals surface area contributed by atoms with Gasteiger partial charge in [0.1, 0.15) is 17.5 Å². The highest BCUT2D eigenvalue weighted by Gasteiger charge is 2.22. The van der Waals surface area contributed by atoms with Crippen molar-refractivity contribution in [3.05, 3.63) is 64.7 Å².